The summed E-state index contributed by atoms with van der Waals surface area (Å²) in [5.74, 6) is 0. The van der Waals surface area contributed by atoms with Crippen LogP contribution >= 0.6 is 31.9 Å². The summed E-state index contributed by atoms with van der Waals surface area (Å²) in [6.45, 7) is 0. The minimum atomic E-state index is 0.851. The summed E-state index contributed by atoms with van der Waals surface area (Å²) >= 11 is 6.75. The Bertz CT molecular complexity index is 634. The van der Waals surface area contributed by atoms with E-state index < -0.39 is 0 Å². The SMILES string of the molecule is Brc1ccc2c(ccc3nc(Br)ccc32)n1. The van der Waals surface area contributed by atoms with Gasteiger partial charge in [-0.25, -0.2) is 9.97 Å². The lowest BCUT2D eigenvalue weighted by Crippen LogP contribution is -1.84. The van der Waals surface area contributed by atoms with Gasteiger partial charge in [0, 0.05) is 10.8 Å². The molecule has 0 N–H and O–H groups in total. The third-order valence-electron chi connectivity index (χ3n) is 2.47. The Hall–Kier alpha value is -1.00. The molecule has 4 heteroatoms. The van der Waals surface area contributed by atoms with Crippen molar-refractivity contribution in [1.82, 2.24) is 9.97 Å². The number of halogens is 2. The molecule has 0 spiro atoms. The molecular formula is C12H6Br2N2. The van der Waals surface area contributed by atoms with Crippen LogP contribution in [0, 0.1) is 0 Å². The highest BCUT2D eigenvalue weighted by Gasteiger charge is 2.03. The molecule has 0 aliphatic carbocycles. The molecule has 0 atom stereocenters. The van der Waals surface area contributed by atoms with E-state index in [2.05, 4.69) is 54.0 Å². The van der Waals surface area contributed by atoms with Crippen LogP contribution < -0.4 is 0 Å². The van der Waals surface area contributed by atoms with Crippen molar-refractivity contribution in [2.45, 2.75) is 0 Å². The highest BCUT2D eigenvalue weighted by Crippen LogP contribution is 2.25. The lowest BCUT2D eigenvalue weighted by atomic mass is 10.1. The van der Waals surface area contributed by atoms with E-state index in [1.165, 1.54) is 0 Å². The highest BCUT2D eigenvalue weighted by atomic mass is 79.9. The first-order valence-corrected chi connectivity index (χ1v) is 6.34. The number of benzene rings is 1. The number of aromatic nitrogens is 2. The molecule has 0 fully saturated rings. The van der Waals surface area contributed by atoms with E-state index in [1.54, 1.807) is 0 Å². The highest BCUT2D eigenvalue weighted by molar-refractivity contribution is 9.10. The number of fused-ring (bicyclic) bond motifs is 3. The first-order valence-electron chi connectivity index (χ1n) is 4.75. The Morgan fingerprint density at radius 2 is 1.06 bits per heavy atom. The third kappa shape index (κ3) is 1.62. The van der Waals surface area contributed by atoms with E-state index in [0.29, 0.717) is 0 Å². The van der Waals surface area contributed by atoms with Gasteiger partial charge in [-0.2, -0.15) is 0 Å². The monoisotopic (exact) mass is 336 g/mol. The molecule has 3 rings (SSSR count). The second kappa shape index (κ2) is 3.79. The van der Waals surface area contributed by atoms with Crippen LogP contribution in [0.4, 0.5) is 0 Å². The van der Waals surface area contributed by atoms with Gasteiger partial charge in [-0.1, -0.05) is 0 Å². The summed E-state index contributed by atoms with van der Waals surface area (Å²) in [5, 5.41) is 2.25. The van der Waals surface area contributed by atoms with Gasteiger partial charge in [0.1, 0.15) is 9.21 Å². The summed E-state index contributed by atoms with van der Waals surface area (Å²) in [4.78, 5) is 8.85. The van der Waals surface area contributed by atoms with E-state index in [1.807, 2.05) is 24.3 Å². The summed E-state index contributed by atoms with van der Waals surface area (Å²) < 4.78 is 1.70. The standard InChI is InChI=1S/C12H6Br2N2/c13-11-5-1-7-8-2-6-12(14)16-10(8)4-3-9(7)15-11/h1-6H. The van der Waals surface area contributed by atoms with Crippen molar-refractivity contribution in [3.8, 4) is 0 Å². The van der Waals surface area contributed by atoms with Crippen molar-refractivity contribution in [3.63, 3.8) is 0 Å². The molecule has 0 aliphatic heterocycles. The van der Waals surface area contributed by atoms with Crippen LogP contribution in [-0.2, 0) is 0 Å². The number of hydrogen-bond acceptors (Lipinski definition) is 2. The second-order valence-electron chi connectivity index (χ2n) is 3.47. The summed E-state index contributed by atoms with van der Waals surface area (Å²) in [6.07, 6.45) is 0. The Balaban J connectivity index is 2.50. The Morgan fingerprint density at radius 3 is 1.50 bits per heavy atom. The zero-order chi connectivity index (χ0) is 11.1. The van der Waals surface area contributed by atoms with E-state index in [4.69, 9.17) is 0 Å². The molecule has 0 aliphatic rings. The third-order valence-corrected chi connectivity index (χ3v) is 3.35. The lowest BCUT2D eigenvalue weighted by Gasteiger charge is -2.03. The minimum Gasteiger partial charge on any atom is -0.241 e. The predicted octanol–water partition coefficient (Wildman–Crippen LogP) is 4.31. The normalized spacial score (nSPS) is 11.1. The number of rotatable bonds is 0. The molecular weight excluding hydrogens is 332 g/mol. The quantitative estimate of drug-likeness (QED) is 0.451. The van der Waals surface area contributed by atoms with Gasteiger partial charge in [-0.3, -0.25) is 0 Å². The molecule has 0 saturated carbocycles. The largest absolute Gasteiger partial charge is 0.241 e. The van der Waals surface area contributed by atoms with Crippen LogP contribution in [0.2, 0.25) is 0 Å². The maximum Gasteiger partial charge on any atom is 0.106 e. The Labute approximate surface area is 109 Å². The van der Waals surface area contributed by atoms with Crippen molar-refractivity contribution < 1.29 is 0 Å². The fourth-order valence-electron chi connectivity index (χ4n) is 1.77. The second-order valence-corrected chi connectivity index (χ2v) is 5.09. The molecule has 0 saturated heterocycles. The van der Waals surface area contributed by atoms with Crippen molar-refractivity contribution in [2.24, 2.45) is 0 Å². The molecule has 2 heterocycles. The summed E-state index contributed by atoms with van der Waals surface area (Å²) in [7, 11) is 0. The minimum absolute atomic E-state index is 0.851. The van der Waals surface area contributed by atoms with E-state index in [0.717, 1.165) is 31.0 Å². The van der Waals surface area contributed by atoms with Crippen LogP contribution in [0.25, 0.3) is 21.8 Å². The zero-order valence-corrected chi connectivity index (χ0v) is 11.3. The van der Waals surface area contributed by atoms with Crippen LogP contribution in [0.1, 0.15) is 0 Å². The van der Waals surface area contributed by atoms with Gasteiger partial charge in [0.25, 0.3) is 0 Å². The average Bonchev–Trinajstić information content (AvgIpc) is 2.28. The maximum absolute atomic E-state index is 4.43. The summed E-state index contributed by atoms with van der Waals surface area (Å²) in [6, 6.07) is 12.0. The zero-order valence-electron chi connectivity index (χ0n) is 8.11. The molecule has 2 aromatic heterocycles. The number of hydrogen-bond donors (Lipinski definition) is 0. The van der Waals surface area contributed by atoms with Gasteiger partial charge >= 0.3 is 0 Å². The predicted molar refractivity (Wildman–Crippen MR) is 72.4 cm³/mol. The van der Waals surface area contributed by atoms with Crippen molar-refractivity contribution in [1.29, 1.82) is 0 Å². The first-order chi connectivity index (χ1) is 7.74. The molecule has 0 unspecified atom stereocenters. The van der Waals surface area contributed by atoms with Gasteiger partial charge < -0.3 is 0 Å². The van der Waals surface area contributed by atoms with Gasteiger partial charge in [-0.15, -0.1) is 0 Å². The van der Waals surface area contributed by atoms with Crippen LogP contribution in [0.15, 0.2) is 45.6 Å². The van der Waals surface area contributed by atoms with Gasteiger partial charge in [0.2, 0.25) is 0 Å². The van der Waals surface area contributed by atoms with Crippen molar-refractivity contribution in [2.75, 3.05) is 0 Å². The lowest BCUT2D eigenvalue weighted by molar-refractivity contribution is 1.33. The van der Waals surface area contributed by atoms with E-state index >= 15 is 0 Å². The molecule has 78 valence electrons. The molecule has 0 radical (unpaired) electrons. The van der Waals surface area contributed by atoms with E-state index in [9.17, 15) is 0 Å². The van der Waals surface area contributed by atoms with Crippen LogP contribution in [-0.4, -0.2) is 9.97 Å². The fourth-order valence-corrected chi connectivity index (χ4v) is 2.41. The maximum atomic E-state index is 4.43. The average molecular weight is 338 g/mol. The number of nitrogens with zero attached hydrogens (tertiary/aromatic N) is 2. The van der Waals surface area contributed by atoms with Crippen molar-refractivity contribution in [3.05, 3.63) is 45.6 Å². The first kappa shape index (κ1) is 10.2. The molecule has 1 aromatic carbocycles. The fraction of sp³-hybridized carbons (Fsp3) is 0. The Morgan fingerprint density at radius 1 is 0.625 bits per heavy atom. The molecule has 2 nitrogen and oxygen atoms in total. The van der Waals surface area contributed by atoms with E-state index in [-0.39, 0.29) is 0 Å². The molecule has 3 aromatic rings. The van der Waals surface area contributed by atoms with Gasteiger partial charge in [0.05, 0.1) is 11.0 Å². The molecule has 16 heavy (non-hydrogen) atoms. The summed E-state index contributed by atoms with van der Waals surface area (Å²) in [5.41, 5.74) is 1.96. The molecule has 0 bridgehead atoms. The van der Waals surface area contributed by atoms with Gasteiger partial charge in [-0.05, 0) is 68.3 Å². The topological polar surface area (TPSA) is 25.8 Å². The number of pyridine rings is 2. The Kier molecular flexibility index (Phi) is 2.41. The van der Waals surface area contributed by atoms with Crippen LogP contribution in [0.3, 0.4) is 0 Å². The van der Waals surface area contributed by atoms with Crippen molar-refractivity contribution >= 4 is 53.7 Å². The molecule has 0 amide bonds. The van der Waals surface area contributed by atoms with Crippen LogP contribution in [0.5, 0.6) is 0 Å². The smallest absolute Gasteiger partial charge is 0.106 e. The van der Waals surface area contributed by atoms with Gasteiger partial charge in [0.15, 0.2) is 0 Å².